The number of likely N-dealkylation sites (tertiary alicyclic amines) is 1. The molecule has 164 valence electrons. The van der Waals surface area contributed by atoms with Gasteiger partial charge in [0.05, 0.1) is 6.42 Å². The lowest BCUT2D eigenvalue weighted by Crippen LogP contribution is -2.46. The molecule has 31 heavy (non-hydrogen) atoms. The van der Waals surface area contributed by atoms with Crippen LogP contribution in [0.5, 0.6) is 0 Å². The Morgan fingerprint density at radius 3 is 2.45 bits per heavy atom. The van der Waals surface area contributed by atoms with Gasteiger partial charge in [-0.3, -0.25) is 14.4 Å². The molecule has 1 saturated carbocycles. The second-order valence-electron chi connectivity index (χ2n) is 8.36. The van der Waals surface area contributed by atoms with Crippen LogP contribution in [0.3, 0.4) is 0 Å². The van der Waals surface area contributed by atoms with E-state index >= 15 is 0 Å². The Morgan fingerprint density at radius 2 is 1.68 bits per heavy atom. The lowest BCUT2D eigenvalue weighted by Gasteiger charge is -2.32. The van der Waals surface area contributed by atoms with Crippen LogP contribution in [-0.4, -0.2) is 61.0 Å². The third-order valence-electron chi connectivity index (χ3n) is 5.98. The molecule has 2 N–H and O–H groups in total. The number of benzene rings is 2. The average molecular weight is 424 g/mol. The fourth-order valence-electron chi connectivity index (χ4n) is 4.17. The third kappa shape index (κ3) is 6.04. The summed E-state index contributed by atoms with van der Waals surface area (Å²) < 4.78 is 5.01. The number of nitrogens with one attached hydrogen (secondary N) is 2. The highest BCUT2D eigenvalue weighted by Gasteiger charge is 2.32. The molecule has 1 saturated heterocycles. The van der Waals surface area contributed by atoms with Crippen LogP contribution in [-0.2, 0) is 25.5 Å². The molecule has 4 rings (SSSR count). The van der Waals surface area contributed by atoms with Crippen LogP contribution in [0.25, 0.3) is 10.8 Å². The quantitative estimate of drug-likeness (QED) is 0.632. The predicted octanol–water partition coefficient (Wildman–Crippen LogP) is 1.78. The molecule has 0 atom stereocenters. The molecule has 7 heteroatoms. The Hall–Kier alpha value is -2.93. The van der Waals surface area contributed by atoms with Gasteiger partial charge in [-0.15, -0.1) is 0 Å². The summed E-state index contributed by atoms with van der Waals surface area (Å²) in [5.41, 5.74) is 0.899. The fourth-order valence-corrected chi connectivity index (χ4v) is 4.17. The van der Waals surface area contributed by atoms with Crippen LogP contribution in [0.1, 0.15) is 31.2 Å². The van der Waals surface area contributed by atoms with Crippen LogP contribution in [0, 0.1) is 0 Å². The third-order valence-corrected chi connectivity index (χ3v) is 5.98. The van der Waals surface area contributed by atoms with E-state index in [1.165, 1.54) is 12.8 Å². The number of fused-ring (bicyclic) bond motifs is 1. The Morgan fingerprint density at radius 1 is 0.935 bits per heavy atom. The van der Waals surface area contributed by atoms with E-state index in [9.17, 15) is 14.4 Å². The van der Waals surface area contributed by atoms with E-state index in [4.69, 9.17) is 4.74 Å². The second kappa shape index (κ2) is 9.92. The summed E-state index contributed by atoms with van der Waals surface area (Å²) >= 11 is 0. The van der Waals surface area contributed by atoms with Crippen molar-refractivity contribution in [2.24, 2.45) is 0 Å². The molecule has 2 aromatic rings. The summed E-state index contributed by atoms with van der Waals surface area (Å²) in [7, 11) is 0. The smallest absolute Gasteiger partial charge is 0.325 e. The Labute approximate surface area is 182 Å². The van der Waals surface area contributed by atoms with Gasteiger partial charge in [0.25, 0.3) is 5.91 Å². The highest BCUT2D eigenvalue weighted by atomic mass is 16.5. The number of ether oxygens (including phenoxy) is 1. The minimum Gasteiger partial charge on any atom is -0.454 e. The number of amides is 2. The molecular weight excluding hydrogens is 394 g/mol. The number of hydrogen-bond donors (Lipinski definition) is 2. The first-order valence-electron chi connectivity index (χ1n) is 11.0. The van der Waals surface area contributed by atoms with E-state index < -0.39 is 5.97 Å². The summed E-state index contributed by atoms with van der Waals surface area (Å²) in [4.78, 5) is 38.7. The summed E-state index contributed by atoms with van der Waals surface area (Å²) in [6, 6.07) is 14.6. The lowest BCUT2D eigenvalue weighted by molar-refractivity contribution is -0.148. The van der Waals surface area contributed by atoms with Crippen LogP contribution >= 0.6 is 0 Å². The Balaban J connectivity index is 1.14. The first kappa shape index (κ1) is 21.3. The summed E-state index contributed by atoms with van der Waals surface area (Å²) in [5, 5.41) is 7.59. The van der Waals surface area contributed by atoms with Crippen molar-refractivity contribution in [3.05, 3.63) is 48.0 Å². The molecule has 2 fully saturated rings. The van der Waals surface area contributed by atoms with Gasteiger partial charge in [-0.05, 0) is 42.0 Å². The monoisotopic (exact) mass is 423 g/mol. The Kier molecular flexibility index (Phi) is 6.82. The number of nitrogens with zero attached hydrogens (tertiary/aromatic N) is 1. The molecular formula is C24H29N3O4. The van der Waals surface area contributed by atoms with E-state index in [2.05, 4.69) is 15.5 Å². The number of carbonyl (C=O) groups excluding carboxylic acids is 3. The standard InChI is InChI=1S/C24H29N3O4/c28-22(14-18-6-3-5-17-4-1-2-7-21(17)18)25-15-24(30)31-16-23(29)26-19-10-12-27(13-11-19)20-8-9-20/h1-7,19-20H,8-16H2,(H,25,28)(H,26,29). The van der Waals surface area contributed by atoms with Crippen molar-refractivity contribution in [2.45, 2.75) is 44.2 Å². The summed E-state index contributed by atoms with van der Waals surface area (Å²) in [5.74, 6) is -1.18. The van der Waals surface area contributed by atoms with Gasteiger partial charge in [-0.1, -0.05) is 42.5 Å². The van der Waals surface area contributed by atoms with Crippen molar-refractivity contribution < 1.29 is 19.1 Å². The summed E-state index contributed by atoms with van der Waals surface area (Å²) in [6.45, 7) is 1.45. The van der Waals surface area contributed by atoms with Gasteiger partial charge in [-0.2, -0.15) is 0 Å². The molecule has 2 aromatic carbocycles. The first-order valence-corrected chi connectivity index (χ1v) is 11.0. The maximum atomic E-state index is 12.2. The van der Waals surface area contributed by atoms with Gasteiger partial charge >= 0.3 is 5.97 Å². The number of hydrogen-bond acceptors (Lipinski definition) is 5. The zero-order valence-electron chi connectivity index (χ0n) is 17.6. The van der Waals surface area contributed by atoms with Gasteiger partial charge in [-0.25, -0.2) is 0 Å². The molecule has 1 aliphatic heterocycles. The normalized spacial score (nSPS) is 17.3. The molecule has 0 radical (unpaired) electrons. The minimum absolute atomic E-state index is 0.140. The Bertz CT molecular complexity index is 943. The highest BCUT2D eigenvalue weighted by molar-refractivity contribution is 5.91. The van der Waals surface area contributed by atoms with Crippen molar-refractivity contribution >= 4 is 28.6 Å². The highest BCUT2D eigenvalue weighted by Crippen LogP contribution is 2.29. The molecule has 0 bridgehead atoms. The van der Waals surface area contributed by atoms with Gasteiger partial charge in [0, 0.05) is 25.2 Å². The van der Waals surface area contributed by atoms with Crippen LogP contribution in [0.2, 0.25) is 0 Å². The van der Waals surface area contributed by atoms with Crippen molar-refractivity contribution in [1.82, 2.24) is 15.5 Å². The van der Waals surface area contributed by atoms with Crippen LogP contribution < -0.4 is 10.6 Å². The lowest BCUT2D eigenvalue weighted by atomic mass is 10.0. The number of rotatable bonds is 8. The molecule has 0 unspecified atom stereocenters. The number of carbonyl (C=O) groups is 3. The average Bonchev–Trinajstić information content (AvgIpc) is 3.63. The molecule has 0 aromatic heterocycles. The van der Waals surface area contributed by atoms with Gasteiger partial charge < -0.3 is 20.3 Å². The van der Waals surface area contributed by atoms with Crippen molar-refractivity contribution in [1.29, 1.82) is 0 Å². The maximum Gasteiger partial charge on any atom is 0.325 e. The van der Waals surface area contributed by atoms with E-state index in [0.29, 0.717) is 0 Å². The fraction of sp³-hybridized carbons (Fsp3) is 0.458. The van der Waals surface area contributed by atoms with Crippen molar-refractivity contribution in [2.75, 3.05) is 26.2 Å². The molecule has 2 aliphatic rings. The van der Waals surface area contributed by atoms with Gasteiger partial charge in [0.15, 0.2) is 6.61 Å². The predicted molar refractivity (Wildman–Crippen MR) is 117 cm³/mol. The minimum atomic E-state index is -0.620. The second-order valence-corrected chi connectivity index (χ2v) is 8.36. The number of piperidine rings is 1. The molecule has 7 nitrogen and oxygen atoms in total. The molecule has 1 aliphatic carbocycles. The molecule has 2 amide bonds. The zero-order chi connectivity index (χ0) is 21.6. The van der Waals surface area contributed by atoms with E-state index in [-0.39, 0.29) is 37.4 Å². The topological polar surface area (TPSA) is 87.7 Å². The molecule has 0 spiro atoms. The van der Waals surface area contributed by atoms with E-state index in [1.807, 2.05) is 42.5 Å². The zero-order valence-corrected chi connectivity index (χ0v) is 17.6. The first-order chi connectivity index (χ1) is 15.1. The molecule has 1 heterocycles. The van der Waals surface area contributed by atoms with Crippen LogP contribution in [0.4, 0.5) is 0 Å². The van der Waals surface area contributed by atoms with Crippen molar-refractivity contribution in [3.63, 3.8) is 0 Å². The summed E-state index contributed by atoms with van der Waals surface area (Å²) in [6.07, 6.45) is 4.63. The largest absolute Gasteiger partial charge is 0.454 e. The van der Waals surface area contributed by atoms with E-state index in [1.54, 1.807) is 0 Å². The maximum absolute atomic E-state index is 12.2. The SMILES string of the molecule is O=C(Cc1cccc2ccccc12)NCC(=O)OCC(=O)NC1CCN(C2CC2)CC1. The van der Waals surface area contributed by atoms with Crippen molar-refractivity contribution in [3.8, 4) is 0 Å². The number of esters is 1. The van der Waals surface area contributed by atoms with Crippen LogP contribution in [0.15, 0.2) is 42.5 Å². The van der Waals surface area contributed by atoms with Gasteiger partial charge in [0.2, 0.25) is 5.91 Å². The van der Waals surface area contributed by atoms with E-state index in [0.717, 1.165) is 48.3 Å². The van der Waals surface area contributed by atoms with Gasteiger partial charge in [0.1, 0.15) is 6.54 Å².